The average Bonchev–Trinajstić information content (AvgIpc) is 3.05. The summed E-state index contributed by atoms with van der Waals surface area (Å²) in [6.45, 7) is 0. The number of benzene rings is 2. The van der Waals surface area contributed by atoms with Crippen molar-refractivity contribution in [2.45, 2.75) is 43.8 Å². The van der Waals surface area contributed by atoms with Gasteiger partial charge in [-0.05, 0) is 62.1 Å². The van der Waals surface area contributed by atoms with Gasteiger partial charge in [0.2, 0.25) is 0 Å². The first-order valence-electron chi connectivity index (χ1n) is 9.60. The van der Waals surface area contributed by atoms with Crippen LogP contribution in [0.1, 0.15) is 46.4 Å². The van der Waals surface area contributed by atoms with Gasteiger partial charge in [0.05, 0.1) is 0 Å². The van der Waals surface area contributed by atoms with E-state index in [1.54, 1.807) is 36.4 Å². The lowest BCUT2D eigenvalue weighted by Crippen LogP contribution is -2.48. The second kappa shape index (κ2) is 7.53. The molecule has 2 atom stereocenters. The summed E-state index contributed by atoms with van der Waals surface area (Å²) >= 11 is 0. The number of nitrogens with zero attached hydrogens (tertiary/aromatic N) is 1. The van der Waals surface area contributed by atoms with Gasteiger partial charge in [-0.15, -0.1) is 0 Å². The molecule has 5 heteroatoms. The van der Waals surface area contributed by atoms with Crippen LogP contribution in [0, 0.1) is 0 Å². The van der Waals surface area contributed by atoms with Gasteiger partial charge in [0.15, 0.2) is 0 Å². The number of rotatable bonds is 4. The molecule has 4 rings (SSSR count). The molecule has 0 aromatic heterocycles. The summed E-state index contributed by atoms with van der Waals surface area (Å²) in [6.07, 6.45) is 4.51. The maximum Gasteiger partial charge on any atom is 0.255 e. The van der Waals surface area contributed by atoms with Crippen LogP contribution in [0.3, 0.4) is 0 Å². The highest BCUT2D eigenvalue weighted by Gasteiger charge is 2.36. The second-order valence-electron chi connectivity index (χ2n) is 7.58. The topological polar surface area (TPSA) is 61.4 Å². The number of nitrogens with one attached hydrogen (secondary N) is 2. The van der Waals surface area contributed by atoms with Gasteiger partial charge in [-0.1, -0.05) is 18.2 Å². The van der Waals surface area contributed by atoms with Crippen molar-refractivity contribution < 1.29 is 9.59 Å². The Bertz CT molecular complexity index is 807. The van der Waals surface area contributed by atoms with Crippen LogP contribution in [0.15, 0.2) is 54.6 Å². The number of anilines is 1. The molecular weight excluding hydrogens is 338 g/mol. The number of hydrogen-bond donors (Lipinski definition) is 2. The molecule has 2 aliphatic rings. The summed E-state index contributed by atoms with van der Waals surface area (Å²) in [5.41, 5.74) is 1.95. The number of fused-ring (bicyclic) bond motifs is 2. The fourth-order valence-corrected chi connectivity index (χ4v) is 4.20. The van der Waals surface area contributed by atoms with Crippen LogP contribution in [0.25, 0.3) is 0 Å². The first-order valence-corrected chi connectivity index (χ1v) is 9.60. The summed E-state index contributed by atoms with van der Waals surface area (Å²) in [4.78, 5) is 27.0. The molecule has 0 radical (unpaired) electrons. The normalized spacial score (nSPS) is 23.7. The lowest BCUT2D eigenvalue weighted by atomic mass is 9.98. The number of hydrogen-bond acceptors (Lipinski definition) is 3. The van der Waals surface area contributed by atoms with E-state index in [0.717, 1.165) is 12.8 Å². The molecule has 2 bridgehead atoms. The van der Waals surface area contributed by atoms with Gasteiger partial charge in [0.1, 0.15) is 0 Å². The van der Waals surface area contributed by atoms with E-state index in [-0.39, 0.29) is 11.8 Å². The van der Waals surface area contributed by atoms with Gasteiger partial charge in [0.25, 0.3) is 11.8 Å². The summed E-state index contributed by atoms with van der Waals surface area (Å²) < 4.78 is 0. The molecule has 2 fully saturated rings. The summed E-state index contributed by atoms with van der Waals surface area (Å²) in [6, 6.07) is 17.6. The highest BCUT2D eigenvalue weighted by molar-refractivity contribution is 6.04. The van der Waals surface area contributed by atoms with Crippen molar-refractivity contribution in [1.82, 2.24) is 10.2 Å². The Morgan fingerprint density at radius 3 is 2.19 bits per heavy atom. The molecule has 2 amide bonds. The molecule has 2 unspecified atom stereocenters. The zero-order valence-electron chi connectivity index (χ0n) is 15.5. The fraction of sp³-hybridized carbons (Fsp3) is 0.364. The standard InChI is InChI=1S/C22H25N3O2/c1-25(20-13-18-11-12-19(14-20)23-18)22(27)16-7-9-17(10-8-16)24-21(26)15-5-3-2-4-6-15/h2-10,18-20,23H,11-14H2,1H3,(H,24,26). The minimum Gasteiger partial charge on any atom is -0.339 e. The van der Waals surface area contributed by atoms with E-state index in [1.807, 2.05) is 30.1 Å². The monoisotopic (exact) mass is 363 g/mol. The quantitative estimate of drug-likeness (QED) is 0.876. The smallest absolute Gasteiger partial charge is 0.255 e. The zero-order chi connectivity index (χ0) is 18.8. The van der Waals surface area contributed by atoms with Crippen molar-refractivity contribution in [3.05, 3.63) is 65.7 Å². The van der Waals surface area contributed by atoms with Gasteiger partial charge in [-0.3, -0.25) is 9.59 Å². The largest absolute Gasteiger partial charge is 0.339 e. The third-order valence-electron chi connectivity index (χ3n) is 5.74. The summed E-state index contributed by atoms with van der Waals surface area (Å²) in [5, 5.41) is 6.48. The van der Waals surface area contributed by atoms with Crippen molar-refractivity contribution in [2.75, 3.05) is 12.4 Å². The van der Waals surface area contributed by atoms with E-state index < -0.39 is 0 Å². The van der Waals surface area contributed by atoms with Gasteiger partial charge >= 0.3 is 0 Å². The molecule has 140 valence electrons. The minimum absolute atomic E-state index is 0.0437. The Labute approximate surface area is 159 Å². The SMILES string of the molecule is CN(C(=O)c1ccc(NC(=O)c2ccccc2)cc1)C1CC2CCC(C1)N2. The molecule has 2 aliphatic heterocycles. The van der Waals surface area contributed by atoms with Gasteiger partial charge < -0.3 is 15.5 Å². The van der Waals surface area contributed by atoms with Crippen molar-refractivity contribution in [3.63, 3.8) is 0 Å². The van der Waals surface area contributed by atoms with Gasteiger partial charge in [0, 0.05) is 42.0 Å². The van der Waals surface area contributed by atoms with E-state index in [1.165, 1.54) is 12.8 Å². The van der Waals surface area contributed by atoms with Gasteiger partial charge in [-0.2, -0.15) is 0 Å². The van der Waals surface area contributed by atoms with Crippen LogP contribution < -0.4 is 10.6 Å². The molecule has 0 spiro atoms. The fourth-order valence-electron chi connectivity index (χ4n) is 4.20. The third kappa shape index (κ3) is 3.88. The summed E-state index contributed by atoms with van der Waals surface area (Å²) in [5.74, 6) is -0.112. The first kappa shape index (κ1) is 17.7. The Hall–Kier alpha value is -2.66. The molecular formula is C22H25N3O2. The Balaban J connectivity index is 1.39. The number of carbonyl (C=O) groups excluding carboxylic acids is 2. The van der Waals surface area contributed by atoms with E-state index in [9.17, 15) is 9.59 Å². The Morgan fingerprint density at radius 1 is 0.926 bits per heavy atom. The lowest BCUT2D eigenvalue weighted by molar-refractivity contribution is 0.0681. The molecule has 27 heavy (non-hydrogen) atoms. The highest BCUT2D eigenvalue weighted by Crippen LogP contribution is 2.30. The first-order chi connectivity index (χ1) is 13.1. The Morgan fingerprint density at radius 2 is 1.56 bits per heavy atom. The molecule has 0 aliphatic carbocycles. The highest BCUT2D eigenvalue weighted by atomic mass is 16.2. The molecule has 2 aromatic rings. The molecule has 2 aromatic carbocycles. The number of amides is 2. The predicted molar refractivity (Wildman–Crippen MR) is 106 cm³/mol. The maximum atomic E-state index is 12.9. The van der Waals surface area contributed by atoms with Crippen molar-refractivity contribution in [3.8, 4) is 0 Å². The second-order valence-corrected chi connectivity index (χ2v) is 7.58. The molecule has 0 saturated carbocycles. The van der Waals surface area contributed by atoms with Crippen LogP contribution in [-0.4, -0.2) is 41.9 Å². The minimum atomic E-state index is -0.156. The van der Waals surface area contributed by atoms with Crippen LogP contribution >= 0.6 is 0 Å². The van der Waals surface area contributed by atoms with Crippen LogP contribution in [0.4, 0.5) is 5.69 Å². The van der Waals surface area contributed by atoms with Crippen molar-refractivity contribution in [2.24, 2.45) is 0 Å². The Kier molecular flexibility index (Phi) is 4.94. The maximum absolute atomic E-state index is 12.9. The predicted octanol–water partition coefficient (Wildman–Crippen LogP) is 3.29. The average molecular weight is 363 g/mol. The van der Waals surface area contributed by atoms with Crippen LogP contribution in [0.5, 0.6) is 0 Å². The van der Waals surface area contributed by atoms with Gasteiger partial charge in [-0.25, -0.2) is 0 Å². The van der Waals surface area contributed by atoms with Crippen molar-refractivity contribution in [1.29, 1.82) is 0 Å². The lowest BCUT2D eigenvalue weighted by Gasteiger charge is -2.35. The third-order valence-corrected chi connectivity index (χ3v) is 5.74. The van der Waals surface area contributed by atoms with E-state index in [4.69, 9.17) is 0 Å². The van der Waals surface area contributed by atoms with E-state index >= 15 is 0 Å². The molecule has 2 N–H and O–H groups in total. The summed E-state index contributed by atoms with van der Waals surface area (Å²) in [7, 11) is 1.91. The van der Waals surface area contributed by atoms with Crippen LogP contribution in [0.2, 0.25) is 0 Å². The number of piperidine rings is 1. The zero-order valence-corrected chi connectivity index (χ0v) is 15.5. The van der Waals surface area contributed by atoms with E-state index in [2.05, 4.69) is 10.6 Å². The van der Waals surface area contributed by atoms with Crippen LogP contribution in [-0.2, 0) is 0 Å². The molecule has 2 heterocycles. The number of carbonyl (C=O) groups is 2. The molecule has 5 nitrogen and oxygen atoms in total. The van der Waals surface area contributed by atoms with Crippen molar-refractivity contribution >= 4 is 17.5 Å². The van der Waals surface area contributed by atoms with E-state index in [0.29, 0.717) is 34.9 Å². The molecule has 2 saturated heterocycles.